The molecule has 2 nitrogen and oxygen atoms in total. The van der Waals surface area contributed by atoms with E-state index in [2.05, 4.69) is 20.8 Å². The highest BCUT2D eigenvalue weighted by Gasteiger charge is 2.52. The largest absolute Gasteiger partial charge is 0.347 e. The summed E-state index contributed by atoms with van der Waals surface area (Å²) < 4.78 is 12.1. The summed E-state index contributed by atoms with van der Waals surface area (Å²) >= 11 is 5.87. The van der Waals surface area contributed by atoms with E-state index >= 15 is 0 Å². The molecular formula is C13H23ClO2. The number of halogens is 1. The number of ether oxygens (including phenoxy) is 2. The average Bonchev–Trinajstić information content (AvgIpc) is 2.61. The van der Waals surface area contributed by atoms with Crippen molar-refractivity contribution in [2.45, 2.75) is 58.3 Å². The second-order valence-electron chi connectivity index (χ2n) is 6.18. The number of hydrogen-bond acceptors (Lipinski definition) is 2. The van der Waals surface area contributed by atoms with Crippen molar-refractivity contribution in [2.75, 3.05) is 12.5 Å². The lowest BCUT2D eigenvalue weighted by atomic mass is 9.68. The molecule has 94 valence electrons. The highest BCUT2D eigenvalue weighted by Crippen LogP contribution is 2.49. The molecule has 2 fully saturated rings. The van der Waals surface area contributed by atoms with Crippen molar-refractivity contribution in [1.29, 1.82) is 0 Å². The van der Waals surface area contributed by atoms with E-state index in [-0.39, 0.29) is 17.3 Å². The number of hydrogen-bond donors (Lipinski definition) is 0. The summed E-state index contributed by atoms with van der Waals surface area (Å²) in [6.45, 7) is 7.51. The van der Waals surface area contributed by atoms with Gasteiger partial charge in [-0.25, -0.2) is 0 Å². The molecule has 0 bridgehead atoms. The summed E-state index contributed by atoms with van der Waals surface area (Å²) in [6.07, 6.45) is 4.83. The summed E-state index contributed by atoms with van der Waals surface area (Å²) in [7, 11) is 0. The Balaban J connectivity index is 2.16. The standard InChI is InChI=1S/C13H23ClO2/c1-12(2,3)11-6-4-5-7-13(11)15-9-10(8-14)16-13/h10-11H,4-9H2,1-3H3. The lowest BCUT2D eigenvalue weighted by molar-refractivity contribution is -0.240. The van der Waals surface area contributed by atoms with E-state index in [1.54, 1.807) is 0 Å². The molecule has 3 heteroatoms. The van der Waals surface area contributed by atoms with E-state index in [1.807, 2.05) is 0 Å². The highest BCUT2D eigenvalue weighted by molar-refractivity contribution is 6.18. The van der Waals surface area contributed by atoms with Crippen LogP contribution in [0.3, 0.4) is 0 Å². The van der Waals surface area contributed by atoms with E-state index in [4.69, 9.17) is 21.1 Å². The molecular weight excluding hydrogens is 224 g/mol. The van der Waals surface area contributed by atoms with Gasteiger partial charge in [-0.3, -0.25) is 0 Å². The molecule has 0 amide bonds. The summed E-state index contributed by atoms with van der Waals surface area (Å²) in [5.41, 5.74) is 0.238. The predicted molar refractivity (Wildman–Crippen MR) is 65.7 cm³/mol. The van der Waals surface area contributed by atoms with Gasteiger partial charge in [-0.2, -0.15) is 0 Å². The topological polar surface area (TPSA) is 18.5 Å². The van der Waals surface area contributed by atoms with Crippen LogP contribution >= 0.6 is 11.6 Å². The first kappa shape index (κ1) is 12.7. The van der Waals surface area contributed by atoms with Gasteiger partial charge >= 0.3 is 0 Å². The summed E-state index contributed by atoms with van der Waals surface area (Å²) in [5.74, 6) is 0.691. The third-order valence-electron chi connectivity index (χ3n) is 3.90. The lowest BCUT2D eigenvalue weighted by Gasteiger charge is -2.46. The van der Waals surface area contributed by atoms with E-state index in [9.17, 15) is 0 Å². The third-order valence-corrected chi connectivity index (χ3v) is 4.24. The Bertz CT molecular complexity index is 249. The summed E-state index contributed by atoms with van der Waals surface area (Å²) in [6, 6.07) is 0. The van der Waals surface area contributed by atoms with Gasteiger partial charge in [0.2, 0.25) is 0 Å². The zero-order valence-electron chi connectivity index (χ0n) is 10.6. The molecule has 1 heterocycles. The zero-order chi connectivity index (χ0) is 11.8. The zero-order valence-corrected chi connectivity index (χ0v) is 11.3. The third kappa shape index (κ3) is 2.25. The average molecular weight is 247 g/mol. The van der Waals surface area contributed by atoms with Gasteiger partial charge in [-0.05, 0) is 18.3 Å². The lowest BCUT2D eigenvalue weighted by Crippen LogP contribution is -2.48. The van der Waals surface area contributed by atoms with Crippen molar-refractivity contribution in [2.24, 2.45) is 11.3 Å². The predicted octanol–water partition coefficient (Wildman–Crippen LogP) is 3.57. The minimum atomic E-state index is -0.337. The van der Waals surface area contributed by atoms with Crippen molar-refractivity contribution in [3.8, 4) is 0 Å². The number of alkyl halides is 1. The molecule has 0 aromatic rings. The molecule has 1 saturated heterocycles. The quantitative estimate of drug-likeness (QED) is 0.659. The van der Waals surface area contributed by atoms with Crippen molar-refractivity contribution in [3.63, 3.8) is 0 Å². The van der Waals surface area contributed by atoms with E-state index in [1.165, 1.54) is 19.3 Å². The molecule has 0 radical (unpaired) electrons. The van der Waals surface area contributed by atoms with Gasteiger partial charge < -0.3 is 9.47 Å². The Morgan fingerprint density at radius 1 is 1.31 bits per heavy atom. The SMILES string of the molecule is CC(C)(C)C1CCCCC12OCC(CCl)O2. The Morgan fingerprint density at radius 2 is 2.06 bits per heavy atom. The molecule has 0 aromatic heterocycles. The van der Waals surface area contributed by atoms with Crippen LogP contribution in [0.15, 0.2) is 0 Å². The number of rotatable bonds is 1. The summed E-state index contributed by atoms with van der Waals surface area (Å²) in [5, 5.41) is 0. The van der Waals surface area contributed by atoms with E-state index in [0.717, 1.165) is 6.42 Å². The van der Waals surface area contributed by atoms with Gasteiger partial charge in [0.1, 0.15) is 0 Å². The molecule has 1 aliphatic heterocycles. The molecule has 0 N–H and O–H groups in total. The summed E-state index contributed by atoms with van der Waals surface area (Å²) in [4.78, 5) is 0. The van der Waals surface area contributed by atoms with Crippen LogP contribution in [0.4, 0.5) is 0 Å². The normalized spacial score (nSPS) is 40.5. The van der Waals surface area contributed by atoms with Gasteiger partial charge in [-0.1, -0.05) is 27.2 Å². The first-order chi connectivity index (χ1) is 7.48. The van der Waals surface area contributed by atoms with Gasteiger partial charge in [0, 0.05) is 12.3 Å². The van der Waals surface area contributed by atoms with Crippen molar-refractivity contribution in [1.82, 2.24) is 0 Å². The Kier molecular flexibility index (Phi) is 3.54. The molecule has 1 saturated carbocycles. The second-order valence-corrected chi connectivity index (χ2v) is 6.49. The highest BCUT2D eigenvalue weighted by atomic mass is 35.5. The minimum absolute atomic E-state index is 0.0876. The molecule has 0 aromatic carbocycles. The molecule has 3 atom stereocenters. The van der Waals surface area contributed by atoms with Gasteiger partial charge in [-0.15, -0.1) is 11.6 Å². The first-order valence-corrected chi connectivity index (χ1v) is 6.89. The maximum atomic E-state index is 6.12. The Morgan fingerprint density at radius 3 is 2.62 bits per heavy atom. The van der Waals surface area contributed by atoms with Crippen LogP contribution in [0.2, 0.25) is 0 Å². The van der Waals surface area contributed by atoms with Gasteiger partial charge in [0.25, 0.3) is 0 Å². The van der Waals surface area contributed by atoms with Crippen LogP contribution in [0.1, 0.15) is 46.5 Å². The van der Waals surface area contributed by atoms with Crippen molar-refractivity contribution in [3.05, 3.63) is 0 Å². The molecule has 1 spiro atoms. The molecule has 2 rings (SSSR count). The second kappa shape index (κ2) is 4.47. The maximum absolute atomic E-state index is 6.12. The molecule has 16 heavy (non-hydrogen) atoms. The minimum Gasteiger partial charge on any atom is -0.347 e. The Hall–Kier alpha value is 0.210. The van der Waals surface area contributed by atoms with Gasteiger partial charge in [0.05, 0.1) is 18.6 Å². The van der Waals surface area contributed by atoms with E-state index < -0.39 is 0 Å². The van der Waals surface area contributed by atoms with Crippen molar-refractivity contribution < 1.29 is 9.47 Å². The van der Waals surface area contributed by atoms with Crippen LogP contribution < -0.4 is 0 Å². The van der Waals surface area contributed by atoms with Crippen LogP contribution in [-0.2, 0) is 9.47 Å². The van der Waals surface area contributed by atoms with Crippen LogP contribution in [0.5, 0.6) is 0 Å². The fourth-order valence-corrected chi connectivity index (χ4v) is 3.33. The Labute approximate surface area is 104 Å². The fraction of sp³-hybridized carbons (Fsp3) is 1.00. The molecule has 1 aliphatic carbocycles. The first-order valence-electron chi connectivity index (χ1n) is 6.36. The molecule has 3 unspecified atom stereocenters. The van der Waals surface area contributed by atoms with Crippen molar-refractivity contribution >= 4 is 11.6 Å². The fourth-order valence-electron chi connectivity index (χ4n) is 3.18. The van der Waals surface area contributed by atoms with E-state index in [0.29, 0.717) is 18.4 Å². The molecule has 2 aliphatic rings. The van der Waals surface area contributed by atoms with Crippen LogP contribution in [-0.4, -0.2) is 24.4 Å². The maximum Gasteiger partial charge on any atom is 0.172 e. The van der Waals surface area contributed by atoms with Crippen LogP contribution in [0.25, 0.3) is 0 Å². The van der Waals surface area contributed by atoms with Gasteiger partial charge in [0.15, 0.2) is 5.79 Å². The smallest absolute Gasteiger partial charge is 0.172 e. The monoisotopic (exact) mass is 246 g/mol. The van der Waals surface area contributed by atoms with Crippen LogP contribution in [0, 0.1) is 11.3 Å².